The molecule has 0 atom stereocenters. The Bertz CT molecular complexity index is 1310. The van der Waals surface area contributed by atoms with E-state index in [0.717, 1.165) is 41.4 Å². The highest BCUT2D eigenvalue weighted by Gasteiger charge is 2.27. The lowest BCUT2D eigenvalue weighted by Crippen LogP contribution is -2.40. The van der Waals surface area contributed by atoms with Gasteiger partial charge in [-0.1, -0.05) is 49.6 Å². The van der Waals surface area contributed by atoms with Crippen molar-refractivity contribution in [3.05, 3.63) is 71.4 Å². The van der Waals surface area contributed by atoms with Crippen molar-refractivity contribution in [3.63, 3.8) is 0 Å². The smallest absolute Gasteiger partial charge is 0.256 e. The van der Waals surface area contributed by atoms with Crippen LogP contribution in [0.4, 0.5) is 0 Å². The van der Waals surface area contributed by atoms with Crippen molar-refractivity contribution >= 4 is 22.7 Å². The van der Waals surface area contributed by atoms with Crippen LogP contribution < -0.4 is 0 Å². The molecule has 3 aromatic rings. The van der Waals surface area contributed by atoms with Crippen molar-refractivity contribution in [1.82, 2.24) is 14.4 Å². The molecule has 0 spiro atoms. The highest BCUT2D eigenvalue weighted by atomic mass is 16.5. The summed E-state index contributed by atoms with van der Waals surface area (Å²) in [4.78, 5) is 30.3. The number of fused-ring (bicyclic) bond motifs is 1. The van der Waals surface area contributed by atoms with Gasteiger partial charge in [-0.3, -0.25) is 9.59 Å². The molecular weight excluding hydrogens is 498 g/mol. The maximum Gasteiger partial charge on any atom is 0.256 e. The molecule has 3 fully saturated rings. The van der Waals surface area contributed by atoms with Crippen molar-refractivity contribution in [3.8, 4) is 0 Å². The van der Waals surface area contributed by atoms with Crippen molar-refractivity contribution in [2.75, 3.05) is 33.4 Å². The number of para-hydroxylation sites is 1. The summed E-state index contributed by atoms with van der Waals surface area (Å²) in [7, 11) is 1.98. The summed E-state index contributed by atoms with van der Waals surface area (Å²) in [5, 5.41) is 1.05. The van der Waals surface area contributed by atoms with E-state index in [4.69, 9.17) is 4.74 Å². The SMILES string of the molecule is CN(C(=O)c1ccc(C2CCC(Cn3cc(C(=O)N4CCOCC4)c4ccccc43)CC2)cc1)C1CCCCC1. The van der Waals surface area contributed by atoms with Gasteiger partial charge >= 0.3 is 0 Å². The summed E-state index contributed by atoms with van der Waals surface area (Å²) < 4.78 is 7.77. The molecule has 2 aliphatic carbocycles. The quantitative estimate of drug-likeness (QED) is 0.358. The van der Waals surface area contributed by atoms with Gasteiger partial charge in [0.1, 0.15) is 0 Å². The molecule has 2 amide bonds. The van der Waals surface area contributed by atoms with E-state index in [0.29, 0.717) is 44.2 Å². The number of morpholine rings is 1. The molecule has 212 valence electrons. The normalized spacial score (nSPS) is 22.4. The molecule has 2 heterocycles. The number of hydrogen-bond donors (Lipinski definition) is 0. The predicted molar refractivity (Wildman–Crippen MR) is 159 cm³/mol. The van der Waals surface area contributed by atoms with Crippen molar-refractivity contribution in [1.29, 1.82) is 0 Å². The van der Waals surface area contributed by atoms with Gasteiger partial charge in [-0.15, -0.1) is 0 Å². The third-order valence-corrected chi connectivity index (χ3v) is 9.69. The number of nitrogens with zero attached hydrogens (tertiary/aromatic N) is 3. The van der Waals surface area contributed by atoms with Crippen LogP contribution in [0.25, 0.3) is 10.9 Å². The Morgan fingerprint density at radius 2 is 1.57 bits per heavy atom. The van der Waals surface area contributed by atoms with E-state index in [9.17, 15) is 9.59 Å². The van der Waals surface area contributed by atoms with Crippen molar-refractivity contribution in [2.24, 2.45) is 5.92 Å². The van der Waals surface area contributed by atoms with E-state index < -0.39 is 0 Å². The molecule has 40 heavy (non-hydrogen) atoms. The average Bonchev–Trinajstić information content (AvgIpc) is 3.39. The fraction of sp³-hybridized carbons (Fsp3) is 0.529. The number of amides is 2. The molecule has 6 heteroatoms. The first-order chi connectivity index (χ1) is 19.6. The van der Waals surface area contributed by atoms with Gasteiger partial charge in [-0.25, -0.2) is 0 Å². The fourth-order valence-corrected chi connectivity index (χ4v) is 7.20. The Morgan fingerprint density at radius 1 is 0.875 bits per heavy atom. The minimum Gasteiger partial charge on any atom is -0.378 e. The lowest BCUT2D eigenvalue weighted by atomic mass is 9.78. The zero-order chi connectivity index (χ0) is 27.5. The van der Waals surface area contributed by atoms with E-state index in [1.54, 1.807) is 0 Å². The number of carbonyl (C=O) groups excluding carboxylic acids is 2. The van der Waals surface area contributed by atoms with Gasteiger partial charge in [0, 0.05) is 55.4 Å². The maximum absolute atomic E-state index is 13.3. The van der Waals surface area contributed by atoms with Gasteiger partial charge in [0.05, 0.1) is 18.8 Å². The largest absolute Gasteiger partial charge is 0.378 e. The summed E-state index contributed by atoms with van der Waals surface area (Å²) in [6.07, 6.45) is 12.8. The van der Waals surface area contributed by atoms with Crippen LogP contribution in [0.5, 0.6) is 0 Å². The monoisotopic (exact) mass is 541 g/mol. The van der Waals surface area contributed by atoms with Gasteiger partial charge in [0.2, 0.25) is 0 Å². The molecular formula is C34H43N3O3. The molecule has 2 saturated carbocycles. The van der Waals surface area contributed by atoms with Crippen molar-refractivity contribution < 1.29 is 14.3 Å². The van der Waals surface area contributed by atoms with Crippen LogP contribution in [-0.2, 0) is 11.3 Å². The molecule has 6 nitrogen and oxygen atoms in total. The van der Waals surface area contributed by atoms with Gasteiger partial charge in [0.15, 0.2) is 0 Å². The van der Waals surface area contributed by atoms with Crippen LogP contribution in [0.15, 0.2) is 54.7 Å². The number of benzene rings is 2. The summed E-state index contributed by atoms with van der Waals surface area (Å²) >= 11 is 0. The Kier molecular flexibility index (Phi) is 8.24. The van der Waals surface area contributed by atoms with E-state index in [-0.39, 0.29) is 11.8 Å². The Labute approximate surface area is 238 Å². The molecule has 1 aliphatic heterocycles. The van der Waals surface area contributed by atoms with Crippen LogP contribution >= 0.6 is 0 Å². The maximum atomic E-state index is 13.3. The molecule has 0 radical (unpaired) electrons. The number of rotatable bonds is 6. The van der Waals surface area contributed by atoms with Crippen LogP contribution in [0.1, 0.15) is 90.0 Å². The van der Waals surface area contributed by atoms with E-state index in [1.165, 1.54) is 50.5 Å². The molecule has 3 aliphatic rings. The first-order valence-corrected chi connectivity index (χ1v) is 15.4. The van der Waals surface area contributed by atoms with Crippen LogP contribution in [-0.4, -0.2) is 65.6 Å². The second kappa shape index (κ2) is 12.2. The topological polar surface area (TPSA) is 54.8 Å². The highest BCUT2D eigenvalue weighted by molar-refractivity contribution is 6.07. The molecule has 0 N–H and O–H groups in total. The van der Waals surface area contributed by atoms with Crippen LogP contribution in [0.2, 0.25) is 0 Å². The third-order valence-electron chi connectivity index (χ3n) is 9.69. The molecule has 0 bridgehead atoms. The van der Waals surface area contributed by atoms with Gasteiger partial charge < -0.3 is 19.1 Å². The van der Waals surface area contributed by atoms with Gasteiger partial charge in [-0.2, -0.15) is 0 Å². The van der Waals surface area contributed by atoms with Gasteiger partial charge in [-0.05, 0) is 74.1 Å². The fourth-order valence-electron chi connectivity index (χ4n) is 7.20. The first-order valence-electron chi connectivity index (χ1n) is 15.4. The third kappa shape index (κ3) is 5.69. The number of ether oxygens (including phenoxy) is 1. The Balaban J connectivity index is 1.07. The summed E-state index contributed by atoms with van der Waals surface area (Å²) in [6, 6.07) is 17.2. The number of hydrogen-bond acceptors (Lipinski definition) is 3. The van der Waals surface area contributed by atoms with Crippen LogP contribution in [0, 0.1) is 5.92 Å². The Morgan fingerprint density at radius 3 is 2.30 bits per heavy atom. The molecule has 1 aromatic heterocycles. The lowest BCUT2D eigenvalue weighted by molar-refractivity contribution is 0.0304. The second-order valence-electron chi connectivity index (χ2n) is 12.2. The van der Waals surface area contributed by atoms with Crippen LogP contribution in [0.3, 0.4) is 0 Å². The molecule has 1 saturated heterocycles. The summed E-state index contributed by atoms with van der Waals surface area (Å²) in [5.74, 6) is 1.43. The van der Waals surface area contributed by atoms with E-state index in [2.05, 4.69) is 41.1 Å². The first kappa shape index (κ1) is 27.1. The summed E-state index contributed by atoms with van der Waals surface area (Å²) in [5.41, 5.74) is 4.14. The van der Waals surface area contributed by atoms with E-state index in [1.807, 2.05) is 35.0 Å². The molecule has 2 aromatic carbocycles. The highest BCUT2D eigenvalue weighted by Crippen LogP contribution is 2.37. The average molecular weight is 542 g/mol. The number of aromatic nitrogens is 1. The molecule has 0 unspecified atom stereocenters. The van der Waals surface area contributed by atoms with E-state index >= 15 is 0 Å². The standard InChI is InChI=1S/C34H43N3O3/c1-35(29-7-3-2-4-8-29)33(38)28-17-15-27(16-18-28)26-13-11-25(12-14-26)23-37-24-31(30-9-5-6-10-32(30)37)34(39)36-19-21-40-22-20-36/h5-6,9-10,15-18,24-26,29H,2-4,7-8,11-14,19-23H2,1H3. The van der Waals surface area contributed by atoms with Gasteiger partial charge in [0.25, 0.3) is 11.8 Å². The number of carbonyl (C=O) groups is 2. The Hall–Kier alpha value is -3.12. The minimum absolute atomic E-state index is 0.119. The predicted octanol–water partition coefficient (Wildman–Crippen LogP) is 6.49. The lowest BCUT2D eigenvalue weighted by Gasteiger charge is -2.31. The minimum atomic E-state index is 0.119. The zero-order valence-corrected chi connectivity index (χ0v) is 23.9. The molecule has 6 rings (SSSR count). The zero-order valence-electron chi connectivity index (χ0n) is 23.9. The second-order valence-corrected chi connectivity index (χ2v) is 12.2. The van der Waals surface area contributed by atoms with Crippen molar-refractivity contribution in [2.45, 2.75) is 76.3 Å². The summed E-state index contributed by atoms with van der Waals surface area (Å²) in [6.45, 7) is 3.50.